The number of nitrogens with zero attached hydrogens (tertiary/aromatic N) is 4. The van der Waals surface area contributed by atoms with Crippen molar-refractivity contribution in [3.05, 3.63) is 101 Å². The molecule has 0 aliphatic carbocycles. The minimum atomic E-state index is -0.396. The van der Waals surface area contributed by atoms with Gasteiger partial charge in [-0.25, -0.2) is 4.98 Å². The molecule has 2 aliphatic heterocycles. The van der Waals surface area contributed by atoms with Gasteiger partial charge in [-0.05, 0) is 28.0 Å². The Hall–Kier alpha value is -4.41. The monoisotopic (exact) mass is 824 g/mol. The Balaban J connectivity index is 0.00000325. The van der Waals surface area contributed by atoms with Gasteiger partial charge in [0.2, 0.25) is 11.8 Å². The molecule has 6 heterocycles. The smallest absolute Gasteiger partial charge is 0.244 e. The maximum Gasteiger partial charge on any atom is 0.244 e. The van der Waals surface area contributed by atoms with Crippen LogP contribution in [0.5, 0.6) is 17.5 Å². The molecule has 4 aromatic heterocycles. The van der Waals surface area contributed by atoms with E-state index >= 15 is 0 Å². The summed E-state index contributed by atoms with van der Waals surface area (Å²) >= 11 is 0. The van der Waals surface area contributed by atoms with Crippen LogP contribution in [-0.2, 0) is 42.7 Å². The molecule has 8 aromatic rings. The third-order valence-electron chi connectivity index (χ3n) is 13.0. The van der Waals surface area contributed by atoms with Gasteiger partial charge in [0.1, 0.15) is 5.75 Å². The van der Waals surface area contributed by atoms with Gasteiger partial charge in [-0.15, -0.1) is 29.7 Å². The first-order valence-electron chi connectivity index (χ1n) is 16.8. The summed E-state index contributed by atoms with van der Waals surface area (Å²) in [5.74, 6) is 1.29. The molecule has 0 unspecified atom stereocenters. The average Bonchev–Trinajstić information content (AvgIpc) is 3.63. The van der Waals surface area contributed by atoms with Crippen LogP contribution in [0.1, 0.15) is 77.9 Å². The molecule has 4 aromatic carbocycles. The van der Waals surface area contributed by atoms with Crippen LogP contribution in [0.15, 0.2) is 72.8 Å². The molecule has 0 atom stereocenters. The second-order valence-electron chi connectivity index (χ2n) is 16.0. The van der Waals surface area contributed by atoms with Gasteiger partial charge in [0.15, 0.2) is 5.65 Å². The Morgan fingerprint density at radius 2 is 1.08 bits per heavy atom. The van der Waals surface area contributed by atoms with Crippen LogP contribution >= 0.6 is 0 Å². The van der Waals surface area contributed by atoms with Crippen LogP contribution in [0.2, 0.25) is 0 Å². The molecule has 0 saturated heterocycles. The summed E-state index contributed by atoms with van der Waals surface area (Å²) in [5, 5.41) is 17.4. The van der Waals surface area contributed by atoms with E-state index in [1.54, 1.807) is 6.07 Å². The van der Waals surface area contributed by atoms with E-state index in [1.807, 2.05) is 12.1 Å². The van der Waals surface area contributed by atoms with Crippen LogP contribution in [0, 0.1) is 6.07 Å². The predicted molar refractivity (Wildman–Crippen MR) is 193 cm³/mol. The molecule has 0 spiro atoms. The van der Waals surface area contributed by atoms with Crippen LogP contribution in [0.25, 0.3) is 54.6 Å². The van der Waals surface area contributed by atoms with Gasteiger partial charge in [-0.3, -0.25) is 4.40 Å². The van der Waals surface area contributed by atoms with Gasteiger partial charge in [0, 0.05) is 53.6 Å². The molecule has 0 amide bonds. The van der Waals surface area contributed by atoms with Crippen LogP contribution in [0.4, 0.5) is 0 Å². The van der Waals surface area contributed by atoms with Crippen molar-refractivity contribution in [2.24, 2.45) is 0 Å². The van der Waals surface area contributed by atoms with Crippen molar-refractivity contribution in [2.45, 2.75) is 77.0 Å². The zero-order chi connectivity index (χ0) is 33.3. The molecular weight excluding hydrogens is 788 g/mol. The third kappa shape index (κ3) is 3.32. The Labute approximate surface area is 299 Å². The molecule has 0 radical (unpaired) electrons. The summed E-state index contributed by atoms with van der Waals surface area (Å²) in [5.41, 5.74) is 7.13. The number of pyridine rings is 2. The maximum atomic E-state index is 11.3. The Kier molecular flexibility index (Phi) is 5.77. The van der Waals surface area contributed by atoms with Gasteiger partial charge in [-0.2, -0.15) is 4.98 Å². The minimum absolute atomic E-state index is 0. The van der Waals surface area contributed by atoms with Gasteiger partial charge in [0.05, 0.1) is 27.9 Å². The van der Waals surface area contributed by atoms with Crippen molar-refractivity contribution in [1.29, 1.82) is 0 Å². The summed E-state index contributed by atoms with van der Waals surface area (Å²) in [6.07, 6.45) is 0. The summed E-state index contributed by atoms with van der Waals surface area (Å²) in [7, 11) is 0. The molecule has 1 N–H and O–H groups in total. The van der Waals surface area contributed by atoms with E-state index in [-0.39, 0.29) is 43.1 Å². The SMILES string of the molecule is CC1(C)c2cccc3c4ccc[c-]c4c4nc(Oc5nc6c7c(O)cccc7c7cccc8c7n6c5C(C)(C)C8(C)C)c(n4c23)C1(C)C.[Pt]. The van der Waals surface area contributed by atoms with E-state index in [0.717, 1.165) is 49.5 Å². The fourth-order valence-electron chi connectivity index (χ4n) is 9.02. The van der Waals surface area contributed by atoms with Crippen molar-refractivity contribution in [2.75, 3.05) is 0 Å². The van der Waals surface area contributed by atoms with E-state index in [1.165, 1.54) is 22.0 Å². The number of fused-ring (bicyclic) bond motifs is 6. The number of imidazole rings is 2. The first-order chi connectivity index (χ1) is 22.8. The number of aromatic hydroxyl groups is 1. The van der Waals surface area contributed by atoms with Crippen molar-refractivity contribution < 1.29 is 30.9 Å². The van der Waals surface area contributed by atoms with Crippen molar-refractivity contribution in [3.63, 3.8) is 0 Å². The molecule has 0 fully saturated rings. The number of ether oxygens (including phenoxy) is 1. The molecule has 10 rings (SSSR count). The van der Waals surface area contributed by atoms with Crippen molar-refractivity contribution in [1.82, 2.24) is 18.8 Å². The van der Waals surface area contributed by atoms with Gasteiger partial charge in [-0.1, -0.05) is 109 Å². The Morgan fingerprint density at radius 1 is 0.592 bits per heavy atom. The fourth-order valence-corrected chi connectivity index (χ4v) is 9.02. The van der Waals surface area contributed by atoms with Crippen LogP contribution < -0.4 is 4.74 Å². The zero-order valence-electron chi connectivity index (χ0n) is 28.9. The van der Waals surface area contributed by atoms with E-state index in [4.69, 9.17) is 14.7 Å². The standard InChI is InChI=1S/C42H37N4O2.Pt/c1-39(2)27-19-11-17-24-22-14-9-10-15-26(22)35-43-37(33(41(39,5)6)45(35)31(24)27)48-38-34-42(7,8)40(3,4)28-20-12-18-25-23-16-13-21-29(47)30(23)36(44-38)46(34)32(25)28;/h9-14,16-21,47H,1-8H3;/q-1;. The number of phenols is 1. The van der Waals surface area contributed by atoms with Crippen molar-refractivity contribution >= 4 is 54.6 Å². The van der Waals surface area contributed by atoms with Gasteiger partial charge < -0.3 is 14.2 Å². The predicted octanol–water partition coefficient (Wildman–Crippen LogP) is 10.0. The normalized spacial score (nSPS) is 18.0. The minimum Gasteiger partial charge on any atom is -0.507 e. The number of para-hydroxylation sites is 2. The van der Waals surface area contributed by atoms with E-state index in [2.05, 4.69) is 125 Å². The first-order valence-corrected chi connectivity index (χ1v) is 16.8. The number of benzene rings is 4. The van der Waals surface area contributed by atoms with Crippen molar-refractivity contribution in [3.8, 4) is 17.5 Å². The number of aromatic nitrogens is 4. The third-order valence-corrected chi connectivity index (χ3v) is 13.0. The zero-order valence-corrected chi connectivity index (χ0v) is 31.2. The summed E-state index contributed by atoms with van der Waals surface area (Å²) in [6, 6.07) is 28.6. The molecule has 6 nitrogen and oxygen atoms in total. The molecule has 2 aliphatic rings. The summed E-state index contributed by atoms with van der Waals surface area (Å²) in [4.78, 5) is 10.7. The van der Waals surface area contributed by atoms with Gasteiger partial charge in [0.25, 0.3) is 0 Å². The molecule has 49 heavy (non-hydrogen) atoms. The molecule has 0 saturated carbocycles. The summed E-state index contributed by atoms with van der Waals surface area (Å²) in [6.45, 7) is 18.5. The van der Waals surface area contributed by atoms with E-state index in [9.17, 15) is 5.11 Å². The number of phenolic OH excluding ortho intramolecular Hbond substituents is 1. The van der Waals surface area contributed by atoms with Crippen LogP contribution in [-0.4, -0.2) is 23.9 Å². The number of rotatable bonds is 2. The average molecular weight is 825 g/mol. The van der Waals surface area contributed by atoms with Gasteiger partial charge >= 0.3 is 0 Å². The fraction of sp³-hybridized carbons (Fsp3) is 0.286. The van der Waals surface area contributed by atoms with Crippen LogP contribution in [0.3, 0.4) is 0 Å². The topological polar surface area (TPSA) is 64.1 Å². The molecule has 0 bridgehead atoms. The molecule has 248 valence electrons. The first kappa shape index (κ1) is 30.6. The quantitative estimate of drug-likeness (QED) is 0.139. The molecule has 7 heteroatoms. The van der Waals surface area contributed by atoms with E-state index in [0.29, 0.717) is 17.4 Å². The summed E-state index contributed by atoms with van der Waals surface area (Å²) < 4.78 is 11.8. The largest absolute Gasteiger partial charge is 0.507 e. The Morgan fingerprint density at radius 3 is 1.69 bits per heavy atom. The number of hydrogen-bond acceptors (Lipinski definition) is 4. The number of hydrogen-bond donors (Lipinski definition) is 1. The van der Waals surface area contributed by atoms with E-state index < -0.39 is 5.41 Å². The molecular formula is C42H37N4O2Pt-. The second-order valence-corrected chi connectivity index (χ2v) is 16.0. The second kappa shape index (κ2) is 9.22. The maximum absolute atomic E-state index is 11.3. The Bertz CT molecular complexity index is 2780.